The molecule has 0 aliphatic heterocycles. The molecule has 0 saturated heterocycles. The Balaban J connectivity index is 2.04. The summed E-state index contributed by atoms with van der Waals surface area (Å²) < 4.78 is 10.4. The maximum absolute atomic E-state index is 10.3. The lowest BCUT2D eigenvalue weighted by Gasteiger charge is -2.23. The molecule has 0 amide bonds. The third-order valence-corrected chi connectivity index (χ3v) is 3.51. The molecule has 0 bridgehead atoms. The van der Waals surface area contributed by atoms with E-state index < -0.39 is 5.60 Å². The summed E-state index contributed by atoms with van der Waals surface area (Å²) in [6.07, 6.45) is 3.97. The topological polar surface area (TPSA) is 50.7 Å². The zero-order chi connectivity index (χ0) is 13.0. The monoisotopic (exact) mass is 251 g/mol. The Labute approximate surface area is 108 Å². The predicted octanol–water partition coefficient (Wildman–Crippen LogP) is 2.42. The van der Waals surface area contributed by atoms with Gasteiger partial charge in [0.05, 0.1) is 19.8 Å². The van der Waals surface area contributed by atoms with Crippen LogP contribution in [0.3, 0.4) is 0 Å². The zero-order valence-corrected chi connectivity index (χ0v) is 11.0. The molecule has 0 atom stereocenters. The molecular formula is C14H21NO3. The molecule has 2 rings (SSSR count). The van der Waals surface area contributed by atoms with E-state index in [9.17, 15) is 5.11 Å². The molecule has 1 fully saturated rings. The molecule has 100 valence electrons. The van der Waals surface area contributed by atoms with Crippen LogP contribution in [-0.2, 0) is 0 Å². The largest absolute Gasteiger partial charge is 0.497 e. The lowest BCUT2D eigenvalue weighted by molar-refractivity contribution is 0.0614. The number of hydrogen-bond donors (Lipinski definition) is 2. The second kappa shape index (κ2) is 5.48. The number of aliphatic hydroxyl groups is 1. The highest BCUT2D eigenvalue weighted by Crippen LogP contribution is 2.31. The summed E-state index contributed by atoms with van der Waals surface area (Å²) in [6, 6.07) is 5.64. The van der Waals surface area contributed by atoms with Crippen LogP contribution >= 0.6 is 0 Å². The van der Waals surface area contributed by atoms with Crippen molar-refractivity contribution in [3.8, 4) is 11.5 Å². The van der Waals surface area contributed by atoms with Crippen LogP contribution in [0.2, 0.25) is 0 Å². The van der Waals surface area contributed by atoms with Gasteiger partial charge in [-0.15, -0.1) is 0 Å². The number of methoxy groups -OCH3 is 2. The molecule has 1 saturated carbocycles. The molecule has 18 heavy (non-hydrogen) atoms. The first-order chi connectivity index (χ1) is 8.65. The van der Waals surface area contributed by atoms with Crippen molar-refractivity contribution in [1.29, 1.82) is 0 Å². The second-order valence-corrected chi connectivity index (χ2v) is 4.89. The fraction of sp³-hybridized carbons (Fsp3) is 0.571. The standard InChI is InChI=1S/C14H21NO3/c1-17-12-7-11(8-13(9-12)18-2)15-10-14(16)5-3-4-6-14/h7-9,15-16H,3-6,10H2,1-2H3. The first-order valence-corrected chi connectivity index (χ1v) is 6.34. The van der Waals surface area contributed by atoms with Gasteiger partial charge in [0.25, 0.3) is 0 Å². The third kappa shape index (κ3) is 3.07. The lowest BCUT2D eigenvalue weighted by atomic mass is 10.0. The van der Waals surface area contributed by atoms with Gasteiger partial charge in [-0.3, -0.25) is 0 Å². The van der Waals surface area contributed by atoms with E-state index in [0.717, 1.165) is 42.9 Å². The Morgan fingerprint density at radius 2 is 1.67 bits per heavy atom. The van der Waals surface area contributed by atoms with Crippen molar-refractivity contribution in [1.82, 2.24) is 0 Å². The molecule has 1 aromatic rings. The molecule has 1 aromatic carbocycles. The van der Waals surface area contributed by atoms with Gasteiger partial charge in [0, 0.05) is 30.4 Å². The van der Waals surface area contributed by atoms with Gasteiger partial charge in [0.15, 0.2) is 0 Å². The number of nitrogens with one attached hydrogen (secondary N) is 1. The number of anilines is 1. The lowest BCUT2D eigenvalue weighted by Crippen LogP contribution is -2.33. The molecule has 0 radical (unpaired) electrons. The number of ether oxygens (including phenoxy) is 2. The molecule has 1 aliphatic carbocycles. The zero-order valence-electron chi connectivity index (χ0n) is 11.0. The van der Waals surface area contributed by atoms with E-state index >= 15 is 0 Å². The van der Waals surface area contributed by atoms with E-state index in [1.54, 1.807) is 14.2 Å². The van der Waals surface area contributed by atoms with Crippen molar-refractivity contribution in [3.05, 3.63) is 18.2 Å². The number of rotatable bonds is 5. The predicted molar refractivity (Wildman–Crippen MR) is 71.5 cm³/mol. The molecule has 0 spiro atoms. The Kier molecular flexibility index (Phi) is 3.97. The Morgan fingerprint density at radius 3 is 2.17 bits per heavy atom. The van der Waals surface area contributed by atoms with Gasteiger partial charge in [-0.05, 0) is 12.8 Å². The normalized spacial score (nSPS) is 17.5. The molecular weight excluding hydrogens is 230 g/mol. The maximum atomic E-state index is 10.3. The highest BCUT2D eigenvalue weighted by Gasteiger charge is 2.30. The second-order valence-electron chi connectivity index (χ2n) is 4.89. The van der Waals surface area contributed by atoms with Crippen molar-refractivity contribution in [2.45, 2.75) is 31.3 Å². The Morgan fingerprint density at radius 1 is 1.11 bits per heavy atom. The molecule has 2 N–H and O–H groups in total. The number of benzene rings is 1. The van der Waals surface area contributed by atoms with Gasteiger partial charge in [-0.25, -0.2) is 0 Å². The van der Waals surface area contributed by atoms with Gasteiger partial charge in [-0.1, -0.05) is 12.8 Å². The molecule has 4 heteroatoms. The summed E-state index contributed by atoms with van der Waals surface area (Å²) in [5, 5.41) is 13.5. The average molecular weight is 251 g/mol. The van der Waals surface area contributed by atoms with Crippen LogP contribution in [-0.4, -0.2) is 31.5 Å². The summed E-state index contributed by atoms with van der Waals surface area (Å²) >= 11 is 0. The Hall–Kier alpha value is -1.42. The van der Waals surface area contributed by atoms with Crippen LogP contribution in [0.5, 0.6) is 11.5 Å². The van der Waals surface area contributed by atoms with Gasteiger partial charge < -0.3 is 19.9 Å². The molecule has 0 aromatic heterocycles. The van der Waals surface area contributed by atoms with Crippen LogP contribution in [0, 0.1) is 0 Å². The van der Waals surface area contributed by atoms with Crippen molar-refractivity contribution < 1.29 is 14.6 Å². The van der Waals surface area contributed by atoms with Crippen LogP contribution in [0.15, 0.2) is 18.2 Å². The van der Waals surface area contributed by atoms with E-state index in [-0.39, 0.29) is 0 Å². The highest BCUT2D eigenvalue weighted by molar-refractivity contribution is 5.54. The van der Waals surface area contributed by atoms with Gasteiger partial charge in [0.1, 0.15) is 11.5 Å². The Bertz CT molecular complexity index is 378. The van der Waals surface area contributed by atoms with Crippen LogP contribution in [0.1, 0.15) is 25.7 Å². The third-order valence-electron chi connectivity index (χ3n) is 3.51. The van der Waals surface area contributed by atoms with E-state index in [1.807, 2.05) is 18.2 Å². The van der Waals surface area contributed by atoms with Crippen molar-refractivity contribution >= 4 is 5.69 Å². The van der Waals surface area contributed by atoms with E-state index in [1.165, 1.54) is 0 Å². The molecule has 1 aliphatic rings. The first-order valence-electron chi connectivity index (χ1n) is 6.34. The minimum Gasteiger partial charge on any atom is -0.497 e. The first kappa shape index (κ1) is 13.0. The van der Waals surface area contributed by atoms with E-state index in [4.69, 9.17) is 9.47 Å². The SMILES string of the molecule is COc1cc(NCC2(O)CCCC2)cc(OC)c1. The highest BCUT2D eigenvalue weighted by atomic mass is 16.5. The van der Waals surface area contributed by atoms with Crippen molar-refractivity contribution in [3.63, 3.8) is 0 Å². The summed E-state index contributed by atoms with van der Waals surface area (Å²) in [4.78, 5) is 0. The summed E-state index contributed by atoms with van der Waals surface area (Å²) in [5.41, 5.74) is 0.350. The van der Waals surface area contributed by atoms with Crippen molar-refractivity contribution in [2.75, 3.05) is 26.1 Å². The van der Waals surface area contributed by atoms with Gasteiger partial charge >= 0.3 is 0 Å². The minimum absolute atomic E-state index is 0.559. The molecule has 4 nitrogen and oxygen atoms in total. The average Bonchev–Trinajstić information content (AvgIpc) is 2.83. The summed E-state index contributed by atoms with van der Waals surface area (Å²) in [5.74, 6) is 1.49. The van der Waals surface area contributed by atoms with Crippen LogP contribution in [0.25, 0.3) is 0 Å². The molecule has 0 unspecified atom stereocenters. The van der Waals surface area contributed by atoms with Gasteiger partial charge in [-0.2, -0.15) is 0 Å². The number of hydrogen-bond acceptors (Lipinski definition) is 4. The van der Waals surface area contributed by atoms with Crippen LogP contribution in [0.4, 0.5) is 5.69 Å². The summed E-state index contributed by atoms with van der Waals surface area (Å²) in [6.45, 7) is 0.573. The summed E-state index contributed by atoms with van der Waals surface area (Å²) in [7, 11) is 3.26. The van der Waals surface area contributed by atoms with Gasteiger partial charge in [0.2, 0.25) is 0 Å². The minimum atomic E-state index is -0.559. The van der Waals surface area contributed by atoms with Crippen molar-refractivity contribution in [2.24, 2.45) is 0 Å². The fourth-order valence-corrected chi connectivity index (χ4v) is 2.39. The smallest absolute Gasteiger partial charge is 0.124 e. The maximum Gasteiger partial charge on any atom is 0.124 e. The fourth-order valence-electron chi connectivity index (χ4n) is 2.39. The van der Waals surface area contributed by atoms with E-state index in [2.05, 4.69) is 5.32 Å². The molecule has 0 heterocycles. The quantitative estimate of drug-likeness (QED) is 0.844. The van der Waals surface area contributed by atoms with E-state index in [0.29, 0.717) is 6.54 Å². The van der Waals surface area contributed by atoms with Crippen LogP contribution < -0.4 is 14.8 Å².